The van der Waals surface area contributed by atoms with Gasteiger partial charge in [0.1, 0.15) is 11.5 Å². The van der Waals surface area contributed by atoms with Gasteiger partial charge < -0.3 is 9.47 Å². The van der Waals surface area contributed by atoms with E-state index in [2.05, 4.69) is 42.7 Å². The number of benzene rings is 2. The molecule has 144 valence electrons. The fraction of sp³-hybridized carbons (Fsp3) is 0.222. The lowest BCUT2D eigenvalue weighted by molar-refractivity contribution is -0.131. The van der Waals surface area contributed by atoms with E-state index in [9.17, 15) is 9.59 Å². The summed E-state index contributed by atoms with van der Waals surface area (Å²) in [5.41, 5.74) is 6.33. The Labute approximate surface area is 178 Å². The Morgan fingerprint density at radius 3 is 2.04 bits per heavy atom. The Hall–Kier alpha value is -1.77. The minimum Gasteiger partial charge on any atom is -0.483 e. The van der Waals surface area contributed by atoms with Gasteiger partial charge in [0.15, 0.2) is 13.2 Å². The number of halogens is 3. The average Bonchev–Trinajstić information content (AvgIpc) is 2.58. The summed E-state index contributed by atoms with van der Waals surface area (Å²) in [5.74, 6) is -0.0242. The molecule has 2 rings (SSSR count). The molecule has 0 aliphatic carbocycles. The molecule has 0 bridgehead atoms. The highest BCUT2D eigenvalue weighted by Crippen LogP contribution is 2.28. The normalized spacial score (nSPS) is 10.3. The van der Waals surface area contributed by atoms with Gasteiger partial charge in [0.05, 0.1) is 5.02 Å². The summed E-state index contributed by atoms with van der Waals surface area (Å²) >= 11 is 12.7. The number of amides is 2. The van der Waals surface area contributed by atoms with Crippen LogP contribution in [0.3, 0.4) is 0 Å². The zero-order valence-electron chi connectivity index (χ0n) is 14.6. The molecule has 0 aromatic heterocycles. The second kappa shape index (κ2) is 9.96. The number of hydrogen-bond acceptors (Lipinski definition) is 4. The second-order valence-corrected chi connectivity index (χ2v) is 7.86. The summed E-state index contributed by atoms with van der Waals surface area (Å²) in [6, 6.07) is 8.82. The molecular weight excluding hydrogens is 503 g/mol. The van der Waals surface area contributed by atoms with E-state index in [1.807, 2.05) is 26.0 Å². The minimum absolute atomic E-state index is 0.233. The fourth-order valence-electron chi connectivity index (χ4n) is 2.21. The van der Waals surface area contributed by atoms with Crippen molar-refractivity contribution in [1.82, 2.24) is 10.9 Å². The summed E-state index contributed by atoms with van der Waals surface area (Å²) in [5, 5.41) is 0.370. The van der Waals surface area contributed by atoms with E-state index in [4.69, 9.17) is 21.1 Å². The maximum Gasteiger partial charge on any atom is 0.276 e. The van der Waals surface area contributed by atoms with E-state index in [0.717, 1.165) is 20.1 Å². The standard InChI is InChI=1S/C18H17Br2ClN2O4/c1-10-5-13(20)6-11(2)18(10)27-9-17(25)23-22-16(24)8-26-15-4-3-12(19)7-14(15)21/h3-7H,8-9H2,1-2H3,(H,22,24)(H,23,25). The monoisotopic (exact) mass is 518 g/mol. The quantitative estimate of drug-likeness (QED) is 0.563. The van der Waals surface area contributed by atoms with Crippen molar-refractivity contribution in [3.63, 3.8) is 0 Å². The number of ether oxygens (including phenoxy) is 2. The molecular formula is C18H17Br2ClN2O4. The number of rotatable bonds is 6. The van der Waals surface area contributed by atoms with Crippen molar-refractivity contribution in [3.8, 4) is 11.5 Å². The number of carbonyl (C=O) groups excluding carboxylic acids is 2. The molecule has 0 unspecified atom stereocenters. The van der Waals surface area contributed by atoms with Gasteiger partial charge in [-0.15, -0.1) is 0 Å². The van der Waals surface area contributed by atoms with Crippen LogP contribution in [-0.2, 0) is 9.59 Å². The van der Waals surface area contributed by atoms with Gasteiger partial charge in [0.2, 0.25) is 0 Å². The maximum absolute atomic E-state index is 11.8. The Kier molecular flexibility index (Phi) is 7.94. The molecule has 0 heterocycles. The van der Waals surface area contributed by atoms with E-state index in [1.54, 1.807) is 18.2 Å². The number of aryl methyl sites for hydroxylation is 2. The smallest absolute Gasteiger partial charge is 0.276 e. The highest BCUT2D eigenvalue weighted by molar-refractivity contribution is 9.10. The molecule has 0 aliphatic heterocycles. The lowest BCUT2D eigenvalue weighted by Gasteiger charge is -2.13. The molecule has 0 spiro atoms. The van der Waals surface area contributed by atoms with Crippen LogP contribution in [0, 0.1) is 13.8 Å². The van der Waals surface area contributed by atoms with E-state index in [1.165, 1.54) is 0 Å². The first-order valence-corrected chi connectivity index (χ1v) is 9.77. The average molecular weight is 521 g/mol. The molecule has 27 heavy (non-hydrogen) atoms. The molecule has 0 atom stereocenters. The van der Waals surface area contributed by atoms with Crippen LogP contribution in [0.4, 0.5) is 0 Å². The van der Waals surface area contributed by atoms with Crippen LogP contribution in [0.25, 0.3) is 0 Å². The summed E-state index contributed by atoms with van der Waals surface area (Å²) in [7, 11) is 0. The van der Waals surface area contributed by atoms with Gasteiger partial charge in [-0.05, 0) is 55.3 Å². The topological polar surface area (TPSA) is 76.7 Å². The minimum atomic E-state index is -0.529. The Morgan fingerprint density at radius 1 is 0.926 bits per heavy atom. The lowest BCUT2D eigenvalue weighted by Crippen LogP contribution is -2.45. The van der Waals surface area contributed by atoms with Gasteiger partial charge in [0, 0.05) is 8.95 Å². The molecule has 2 aromatic rings. The van der Waals surface area contributed by atoms with E-state index < -0.39 is 11.8 Å². The third-order valence-electron chi connectivity index (χ3n) is 3.37. The highest BCUT2D eigenvalue weighted by atomic mass is 79.9. The van der Waals surface area contributed by atoms with Gasteiger partial charge in [-0.25, -0.2) is 0 Å². The van der Waals surface area contributed by atoms with Crippen LogP contribution in [0.15, 0.2) is 39.3 Å². The molecule has 0 aliphatic rings. The van der Waals surface area contributed by atoms with Crippen LogP contribution in [0.2, 0.25) is 5.02 Å². The Bertz CT molecular complexity index is 838. The summed E-state index contributed by atoms with van der Waals surface area (Å²) in [6.07, 6.45) is 0. The van der Waals surface area contributed by atoms with Gasteiger partial charge in [-0.1, -0.05) is 43.5 Å². The SMILES string of the molecule is Cc1cc(Br)cc(C)c1OCC(=O)NNC(=O)COc1ccc(Br)cc1Cl. The lowest BCUT2D eigenvalue weighted by atomic mass is 10.1. The second-order valence-electron chi connectivity index (χ2n) is 5.62. The first-order valence-electron chi connectivity index (χ1n) is 7.81. The zero-order chi connectivity index (χ0) is 20.0. The molecule has 0 saturated carbocycles. The summed E-state index contributed by atoms with van der Waals surface area (Å²) < 4.78 is 12.6. The van der Waals surface area contributed by atoms with Gasteiger partial charge >= 0.3 is 0 Å². The maximum atomic E-state index is 11.8. The van der Waals surface area contributed by atoms with Crippen LogP contribution >= 0.6 is 43.5 Å². The Balaban J connectivity index is 1.76. The molecule has 9 heteroatoms. The summed E-state index contributed by atoms with van der Waals surface area (Å²) in [4.78, 5) is 23.6. The van der Waals surface area contributed by atoms with Crippen molar-refractivity contribution in [3.05, 3.63) is 55.4 Å². The van der Waals surface area contributed by atoms with Crippen LogP contribution < -0.4 is 20.3 Å². The molecule has 0 saturated heterocycles. The van der Waals surface area contributed by atoms with Crippen molar-refractivity contribution in [1.29, 1.82) is 0 Å². The van der Waals surface area contributed by atoms with Crippen molar-refractivity contribution in [2.75, 3.05) is 13.2 Å². The van der Waals surface area contributed by atoms with Crippen molar-refractivity contribution >= 4 is 55.3 Å². The first-order chi connectivity index (χ1) is 12.8. The highest BCUT2D eigenvalue weighted by Gasteiger charge is 2.11. The van der Waals surface area contributed by atoms with Gasteiger partial charge in [-0.2, -0.15) is 0 Å². The first kappa shape index (κ1) is 21.5. The molecule has 6 nitrogen and oxygen atoms in total. The molecule has 2 amide bonds. The van der Waals surface area contributed by atoms with E-state index in [0.29, 0.717) is 16.5 Å². The molecule has 0 radical (unpaired) electrons. The van der Waals surface area contributed by atoms with Crippen molar-refractivity contribution in [2.24, 2.45) is 0 Å². The fourth-order valence-corrected chi connectivity index (χ4v) is 3.62. The van der Waals surface area contributed by atoms with Gasteiger partial charge in [0.25, 0.3) is 11.8 Å². The number of nitrogens with one attached hydrogen (secondary N) is 2. The van der Waals surface area contributed by atoms with Crippen LogP contribution in [0.1, 0.15) is 11.1 Å². The van der Waals surface area contributed by atoms with Crippen LogP contribution in [0.5, 0.6) is 11.5 Å². The number of hydrogen-bond donors (Lipinski definition) is 2. The molecule has 2 aromatic carbocycles. The van der Waals surface area contributed by atoms with Crippen LogP contribution in [-0.4, -0.2) is 25.0 Å². The van der Waals surface area contributed by atoms with Crippen molar-refractivity contribution in [2.45, 2.75) is 13.8 Å². The molecule has 0 fully saturated rings. The molecule has 2 N–H and O–H groups in total. The third kappa shape index (κ3) is 6.71. The predicted octanol–water partition coefficient (Wildman–Crippen LogP) is 4.09. The van der Waals surface area contributed by atoms with Gasteiger partial charge in [-0.3, -0.25) is 20.4 Å². The zero-order valence-corrected chi connectivity index (χ0v) is 18.5. The summed E-state index contributed by atoms with van der Waals surface area (Å²) in [6.45, 7) is 3.24. The van der Waals surface area contributed by atoms with Crippen molar-refractivity contribution < 1.29 is 19.1 Å². The predicted molar refractivity (Wildman–Crippen MR) is 110 cm³/mol. The number of hydrazine groups is 1. The van der Waals surface area contributed by atoms with E-state index >= 15 is 0 Å². The Morgan fingerprint density at radius 2 is 1.48 bits per heavy atom. The largest absolute Gasteiger partial charge is 0.483 e. The number of carbonyl (C=O) groups is 2. The third-order valence-corrected chi connectivity index (χ3v) is 4.61. The van der Waals surface area contributed by atoms with E-state index in [-0.39, 0.29) is 13.2 Å².